The Kier molecular flexibility index (Phi) is 4.70. The van der Waals surface area contributed by atoms with Crippen LogP contribution in [0.5, 0.6) is 0 Å². The van der Waals surface area contributed by atoms with Crippen molar-refractivity contribution >= 4 is 23.5 Å². The lowest BCUT2D eigenvalue weighted by Gasteiger charge is -2.33. The molecule has 26 heavy (non-hydrogen) atoms. The predicted molar refractivity (Wildman–Crippen MR) is 102 cm³/mol. The fourth-order valence-corrected chi connectivity index (χ4v) is 3.85. The van der Waals surface area contributed by atoms with Gasteiger partial charge in [0.05, 0.1) is 6.61 Å². The van der Waals surface area contributed by atoms with Gasteiger partial charge in [-0.3, -0.25) is 4.79 Å². The number of rotatable bonds is 2. The minimum absolute atomic E-state index is 0.0595. The summed E-state index contributed by atoms with van der Waals surface area (Å²) >= 11 is 5.92. The zero-order valence-electron chi connectivity index (χ0n) is 14.5. The molecular formula is C22H21ClO3. The summed E-state index contributed by atoms with van der Waals surface area (Å²) in [7, 11) is 0. The van der Waals surface area contributed by atoms with Gasteiger partial charge in [-0.1, -0.05) is 35.9 Å². The van der Waals surface area contributed by atoms with Crippen molar-refractivity contribution in [3.8, 4) is 0 Å². The van der Waals surface area contributed by atoms with Crippen molar-refractivity contribution in [2.24, 2.45) is 0 Å². The molecular weight excluding hydrogens is 348 g/mol. The average Bonchev–Trinajstić information content (AvgIpc) is 2.66. The smallest absolute Gasteiger partial charge is 0.192 e. The van der Waals surface area contributed by atoms with Gasteiger partial charge in [0.1, 0.15) is 0 Å². The van der Waals surface area contributed by atoms with Crippen molar-refractivity contribution in [3.05, 3.63) is 75.3 Å². The highest BCUT2D eigenvalue weighted by Crippen LogP contribution is 2.35. The van der Waals surface area contributed by atoms with Crippen LogP contribution in [0.2, 0.25) is 5.02 Å². The molecule has 1 aliphatic carbocycles. The highest BCUT2D eigenvalue weighted by atomic mass is 35.5. The normalized spacial score (nSPS) is 24.5. The largest absolute Gasteiger partial charge is 0.362 e. The molecule has 0 saturated carbocycles. The molecule has 1 saturated heterocycles. The van der Waals surface area contributed by atoms with E-state index in [2.05, 4.69) is 0 Å². The zero-order valence-corrected chi connectivity index (χ0v) is 15.3. The predicted octanol–water partition coefficient (Wildman–Crippen LogP) is 4.90. The Morgan fingerprint density at radius 1 is 1.08 bits per heavy atom. The molecule has 0 aromatic heterocycles. The molecule has 1 N–H and O–H groups in total. The number of ketones is 1. The Labute approximate surface area is 158 Å². The molecule has 1 aliphatic heterocycles. The van der Waals surface area contributed by atoms with Crippen LogP contribution >= 0.6 is 11.6 Å². The number of aliphatic hydroxyl groups is 1. The lowest BCUT2D eigenvalue weighted by molar-refractivity contribution is -0.233. The maximum atomic E-state index is 12.9. The topological polar surface area (TPSA) is 46.5 Å². The molecule has 0 spiro atoms. The number of carbonyl (C=O) groups excluding carboxylic acids is 1. The van der Waals surface area contributed by atoms with E-state index in [0.717, 1.165) is 47.1 Å². The molecule has 2 aromatic carbocycles. The van der Waals surface area contributed by atoms with Gasteiger partial charge < -0.3 is 9.84 Å². The fourth-order valence-electron chi connectivity index (χ4n) is 3.73. The quantitative estimate of drug-likeness (QED) is 0.767. The van der Waals surface area contributed by atoms with Crippen molar-refractivity contribution in [2.75, 3.05) is 6.61 Å². The maximum Gasteiger partial charge on any atom is 0.192 e. The van der Waals surface area contributed by atoms with Crippen LogP contribution in [0.25, 0.3) is 6.08 Å². The first-order chi connectivity index (χ1) is 12.5. The highest BCUT2D eigenvalue weighted by molar-refractivity contribution is 6.30. The molecule has 0 amide bonds. The summed E-state index contributed by atoms with van der Waals surface area (Å²) in [4.78, 5) is 12.9. The van der Waals surface area contributed by atoms with E-state index < -0.39 is 5.79 Å². The van der Waals surface area contributed by atoms with Crippen molar-refractivity contribution in [3.63, 3.8) is 0 Å². The second kappa shape index (κ2) is 6.99. The van der Waals surface area contributed by atoms with Crippen LogP contribution in [0, 0.1) is 0 Å². The van der Waals surface area contributed by atoms with Gasteiger partial charge in [-0.2, -0.15) is 0 Å². The number of halogens is 1. The van der Waals surface area contributed by atoms with Crippen molar-refractivity contribution in [1.82, 2.24) is 0 Å². The summed E-state index contributed by atoms with van der Waals surface area (Å²) in [6.45, 7) is 0.570. The van der Waals surface area contributed by atoms with Gasteiger partial charge in [-0.25, -0.2) is 0 Å². The lowest BCUT2D eigenvalue weighted by Crippen LogP contribution is -2.33. The number of benzene rings is 2. The number of hydrogen-bond donors (Lipinski definition) is 1. The third kappa shape index (κ3) is 3.35. The lowest BCUT2D eigenvalue weighted by atomic mass is 9.83. The summed E-state index contributed by atoms with van der Waals surface area (Å²) in [6.07, 6.45) is 5.93. The van der Waals surface area contributed by atoms with E-state index in [9.17, 15) is 9.90 Å². The maximum absolute atomic E-state index is 12.9. The Morgan fingerprint density at radius 2 is 1.88 bits per heavy atom. The third-order valence-corrected chi connectivity index (χ3v) is 5.47. The molecule has 1 heterocycles. The second-order valence-electron chi connectivity index (χ2n) is 7.01. The Balaban J connectivity index is 1.62. The minimum atomic E-state index is -1.21. The number of hydrogen-bond acceptors (Lipinski definition) is 3. The van der Waals surface area contributed by atoms with E-state index in [1.807, 2.05) is 48.5 Å². The minimum Gasteiger partial charge on any atom is -0.362 e. The molecule has 1 fully saturated rings. The van der Waals surface area contributed by atoms with Gasteiger partial charge >= 0.3 is 0 Å². The van der Waals surface area contributed by atoms with Crippen molar-refractivity contribution in [1.29, 1.82) is 0 Å². The zero-order chi connectivity index (χ0) is 18.1. The van der Waals surface area contributed by atoms with Crippen molar-refractivity contribution < 1.29 is 14.6 Å². The van der Waals surface area contributed by atoms with Crippen LogP contribution in [0.1, 0.15) is 52.7 Å². The summed E-state index contributed by atoms with van der Waals surface area (Å²) < 4.78 is 5.63. The van der Waals surface area contributed by atoms with Crippen LogP contribution in [0.3, 0.4) is 0 Å². The number of fused-ring (bicyclic) bond motifs is 1. The van der Waals surface area contributed by atoms with Crippen molar-refractivity contribution in [2.45, 2.75) is 37.9 Å². The molecule has 1 unspecified atom stereocenters. The Morgan fingerprint density at radius 3 is 2.62 bits per heavy atom. The second-order valence-corrected chi connectivity index (χ2v) is 7.45. The molecule has 0 radical (unpaired) electrons. The monoisotopic (exact) mass is 368 g/mol. The van der Waals surface area contributed by atoms with Gasteiger partial charge in [0.25, 0.3) is 0 Å². The molecule has 4 heteroatoms. The van der Waals surface area contributed by atoms with Crippen LogP contribution in [0.15, 0.2) is 48.0 Å². The summed E-state index contributed by atoms with van der Waals surface area (Å²) in [5.74, 6) is -1.15. The molecule has 0 bridgehead atoms. The standard InChI is InChI=1S/C22H21ClO3/c23-19-8-3-15(4-9-19)13-17-6-5-16-14-18(7-10-20(16)21(17)24)22(25)11-1-2-12-26-22/h3-4,7-10,13-14,25H,1-2,5-6,11-12H2. The van der Waals surface area contributed by atoms with E-state index in [1.54, 1.807) is 0 Å². The average molecular weight is 369 g/mol. The van der Waals surface area contributed by atoms with E-state index >= 15 is 0 Å². The summed E-state index contributed by atoms with van der Waals surface area (Å²) in [5.41, 5.74) is 4.25. The summed E-state index contributed by atoms with van der Waals surface area (Å²) in [6, 6.07) is 13.1. The number of carbonyl (C=O) groups is 1. The third-order valence-electron chi connectivity index (χ3n) is 5.22. The molecule has 2 aromatic rings. The van der Waals surface area contributed by atoms with Gasteiger partial charge in [0, 0.05) is 28.1 Å². The van der Waals surface area contributed by atoms with Crippen LogP contribution in [-0.2, 0) is 16.9 Å². The highest BCUT2D eigenvalue weighted by Gasteiger charge is 2.34. The fraction of sp³-hybridized carbons (Fsp3) is 0.318. The summed E-state index contributed by atoms with van der Waals surface area (Å²) in [5, 5.41) is 11.4. The number of ether oxygens (including phenoxy) is 1. The molecule has 4 rings (SSSR count). The van der Waals surface area contributed by atoms with Gasteiger partial charge in [0.2, 0.25) is 0 Å². The van der Waals surface area contributed by atoms with E-state index in [4.69, 9.17) is 16.3 Å². The Bertz CT molecular complexity index is 861. The van der Waals surface area contributed by atoms with Gasteiger partial charge in [0.15, 0.2) is 11.6 Å². The first kappa shape index (κ1) is 17.5. The van der Waals surface area contributed by atoms with Crippen LogP contribution < -0.4 is 0 Å². The molecule has 3 nitrogen and oxygen atoms in total. The van der Waals surface area contributed by atoms with Crippen LogP contribution in [0.4, 0.5) is 0 Å². The van der Waals surface area contributed by atoms with E-state index in [1.165, 1.54) is 0 Å². The van der Waals surface area contributed by atoms with Crippen LogP contribution in [-0.4, -0.2) is 17.5 Å². The first-order valence-corrected chi connectivity index (χ1v) is 9.43. The molecule has 2 aliphatic rings. The first-order valence-electron chi connectivity index (χ1n) is 9.06. The van der Waals surface area contributed by atoms with E-state index in [0.29, 0.717) is 24.5 Å². The van der Waals surface area contributed by atoms with Gasteiger partial charge in [-0.05, 0) is 61.1 Å². The SMILES string of the molecule is O=C1C(=Cc2ccc(Cl)cc2)CCc2cc(C3(O)CCCCO3)ccc21. The number of aryl methyl sites for hydroxylation is 1. The van der Waals surface area contributed by atoms with E-state index in [-0.39, 0.29) is 5.78 Å². The molecule has 1 atom stereocenters. The molecule has 134 valence electrons. The Hall–Kier alpha value is -1.94. The number of Topliss-reactive ketones (excluding diaryl/α,β-unsaturated/α-hetero) is 1. The van der Waals surface area contributed by atoms with Gasteiger partial charge in [-0.15, -0.1) is 0 Å². The number of allylic oxidation sites excluding steroid dienone is 1.